The summed E-state index contributed by atoms with van der Waals surface area (Å²) in [5.74, 6) is 1.25. The van der Waals surface area contributed by atoms with Crippen LogP contribution in [0.15, 0.2) is 41.8 Å². The van der Waals surface area contributed by atoms with Crippen LogP contribution in [0, 0.1) is 0 Å². The Morgan fingerprint density at radius 2 is 2.03 bits per heavy atom. The van der Waals surface area contributed by atoms with E-state index in [0.29, 0.717) is 5.75 Å². The van der Waals surface area contributed by atoms with Crippen LogP contribution in [0.1, 0.15) is 4.88 Å². The zero-order valence-electron chi connectivity index (χ0n) is 16.0. The highest BCUT2D eigenvalue weighted by molar-refractivity contribution is 7.99. The summed E-state index contributed by atoms with van der Waals surface area (Å²) in [5, 5.41) is 9.20. The number of amides is 1. The van der Waals surface area contributed by atoms with Crippen molar-refractivity contribution in [2.45, 2.75) is 11.7 Å². The van der Waals surface area contributed by atoms with E-state index in [1.54, 1.807) is 23.7 Å². The summed E-state index contributed by atoms with van der Waals surface area (Å²) in [6.07, 6.45) is 3.48. The summed E-state index contributed by atoms with van der Waals surface area (Å²) in [5.41, 5.74) is 0.906. The second-order valence-corrected chi connectivity index (χ2v) is 9.50. The number of aromatic nitrogens is 4. The van der Waals surface area contributed by atoms with Gasteiger partial charge in [-0.05, 0) is 24.3 Å². The van der Waals surface area contributed by atoms with E-state index < -0.39 is 0 Å². The molecule has 1 amide bonds. The highest BCUT2D eigenvalue weighted by Gasteiger charge is 2.22. The van der Waals surface area contributed by atoms with E-state index in [2.05, 4.69) is 26.1 Å². The summed E-state index contributed by atoms with van der Waals surface area (Å²) >= 11 is 9.04. The summed E-state index contributed by atoms with van der Waals surface area (Å²) in [6.45, 7) is 4.14. The Kier molecular flexibility index (Phi) is 6.49. The lowest BCUT2D eigenvalue weighted by Crippen LogP contribution is -2.48. The van der Waals surface area contributed by atoms with Crippen LogP contribution >= 0.6 is 34.7 Å². The lowest BCUT2D eigenvalue weighted by Gasteiger charge is -2.34. The normalized spacial score (nSPS) is 15.0. The molecule has 7 nitrogen and oxygen atoms in total. The highest BCUT2D eigenvalue weighted by Crippen LogP contribution is 2.24. The number of thioether (sulfide) groups is 1. The molecule has 4 heterocycles. The molecule has 0 spiro atoms. The molecule has 0 N–H and O–H groups in total. The number of halogens is 1. The van der Waals surface area contributed by atoms with Gasteiger partial charge in [-0.15, -0.1) is 21.5 Å². The molecule has 0 bridgehead atoms. The van der Waals surface area contributed by atoms with Gasteiger partial charge in [0.05, 0.1) is 10.1 Å². The number of carbonyl (C=O) groups is 1. The first-order valence-corrected chi connectivity index (χ1v) is 11.4. The van der Waals surface area contributed by atoms with Gasteiger partial charge >= 0.3 is 0 Å². The fourth-order valence-electron chi connectivity index (χ4n) is 3.22. The van der Waals surface area contributed by atoms with Crippen LogP contribution in [0.5, 0.6) is 0 Å². The molecule has 1 aliphatic rings. The fraction of sp³-hybridized carbons (Fsp3) is 0.368. The van der Waals surface area contributed by atoms with Crippen molar-refractivity contribution >= 4 is 40.6 Å². The van der Waals surface area contributed by atoms with Crippen molar-refractivity contribution in [1.29, 1.82) is 0 Å². The molecule has 0 radical (unpaired) electrons. The molecule has 4 rings (SSSR count). The number of carbonyl (C=O) groups excluding carboxylic acids is 1. The van der Waals surface area contributed by atoms with Gasteiger partial charge < -0.3 is 9.47 Å². The highest BCUT2D eigenvalue weighted by atomic mass is 35.5. The first-order chi connectivity index (χ1) is 14.1. The van der Waals surface area contributed by atoms with Crippen molar-refractivity contribution in [2.24, 2.45) is 7.05 Å². The van der Waals surface area contributed by atoms with Gasteiger partial charge in [-0.3, -0.25) is 14.7 Å². The Labute approximate surface area is 182 Å². The Morgan fingerprint density at radius 3 is 2.72 bits per heavy atom. The van der Waals surface area contributed by atoms with Crippen molar-refractivity contribution in [3.05, 3.63) is 45.9 Å². The fourth-order valence-corrected chi connectivity index (χ4v) is 5.16. The van der Waals surface area contributed by atoms with Gasteiger partial charge in [-0.25, -0.2) is 0 Å². The summed E-state index contributed by atoms with van der Waals surface area (Å²) < 4.78 is 2.72. The third-order valence-corrected chi connectivity index (χ3v) is 7.03. The van der Waals surface area contributed by atoms with Crippen LogP contribution in [0.4, 0.5) is 0 Å². The molecule has 152 valence electrons. The zero-order chi connectivity index (χ0) is 20.2. The number of thiophene rings is 1. The molecule has 10 heteroatoms. The quantitative estimate of drug-likeness (QED) is 0.540. The monoisotopic (exact) mass is 448 g/mol. The number of rotatable bonds is 6. The largest absolute Gasteiger partial charge is 0.339 e. The Balaban J connectivity index is 1.27. The van der Waals surface area contributed by atoms with Gasteiger partial charge in [0.2, 0.25) is 5.91 Å². The maximum absolute atomic E-state index is 12.6. The summed E-state index contributed by atoms with van der Waals surface area (Å²) in [7, 11) is 1.91. The van der Waals surface area contributed by atoms with Crippen LogP contribution in [0.25, 0.3) is 11.4 Å². The first kappa shape index (κ1) is 20.3. The number of nitrogens with zero attached hydrogens (tertiary/aromatic N) is 6. The Bertz CT molecular complexity index is 968. The lowest BCUT2D eigenvalue weighted by molar-refractivity contribution is -0.130. The molecule has 0 aliphatic carbocycles. The van der Waals surface area contributed by atoms with Crippen LogP contribution < -0.4 is 0 Å². The summed E-state index contributed by atoms with van der Waals surface area (Å²) in [4.78, 5) is 22.3. The standard InChI is InChI=1S/C19H21ClN6OS2/c1-24-18(14-3-2-6-21-11-14)22-23-19(24)28-13-17(27)26-9-7-25(8-10-26)12-15-4-5-16(20)29-15/h2-6,11H,7-10,12-13H2,1H3. The Morgan fingerprint density at radius 1 is 1.21 bits per heavy atom. The molecular formula is C19H21ClN6OS2. The first-order valence-electron chi connectivity index (χ1n) is 9.27. The third-order valence-electron chi connectivity index (χ3n) is 4.81. The lowest BCUT2D eigenvalue weighted by atomic mass is 10.3. The molecule has 0 atom stereocenters. The van der Waals surface area contributed by atoms with Gasteiger partial charge in [0.1, 0.15) is 0 Å². The minimum atomic E-state index is 0.139. The van der Waals surface area contributed by atoms with Crippen molar-refractivity contribution in [2.75, 3.05) is 31.9 Å². The van der Waals surface area contributed by atoms with E-state index in [-0.39, 0.29) is 5.91 Å². The molecule has 0 saturated carbocycles. The molecule has 1 saturated heterocycles. The topological polar surface area (TPSA) is 67.2 Å². The molecule has 3 aromatic rings. The van der Waals surface area contributed by atoms with Crippen LogP contribution in [0.3, 0.4) is 0 Å². The van der Waals surface area contributed by atoms with Crippen LogP contribution in [-0.2, 0) is 18.4 Å². The molecule has 0 unspecified atom stereocenters. The van der Waals surface area contributed by atoms with E-state index in [1.165, 1.54) is 16.6 Å². The molecule has 1 aliphatic heterocycles. The molecule has 3 aromatic heterocycles. The van der Waals surface area contributed by atoms with E-state index in [0.717, 1.165) is 53.6 Å². The van der Waals surface area contributed by atoms with Gasteiger partial charge in [-0.2, -0.15) is 0 Å². The van der Waals surface area contributed by atoms with Gasteiger partial charge in [0.25, 0.3) is 0 Å². The van der Waals surface area contributed by atoms with Gasteiger partial charge in [0.15, 0.2) is 11.0 Å². The predicted octanol–water partition coefficient (Wildman–Crippen LogP) is 3.03. The Hall–Kier alpha value is -1.94. The molecule has 0 aromatic carbocycles. The van der Waals surface area contributed by atoms with Crippen molar-refractivity contribution < 1.29 is 4.79 Å². The average Bonchev–Trinajstić information content (AvgIpc) is 3.32. The zero-order valence-corrected chi connectivity index (χ0v) is 18.4. The van der Waals surface area contributed by atoms with Crippen molar-refractivity contribution in [3.63, 3.8) is 0 Å². The molecule has 29 heavy (non-hydrogen) atoms. The minimum absolute atomic E-state index is 0.139. The minimum Gasteiger partial charge on any atom is -0.339 e. The average molecular weight is 449 g/mol. The SMILES string of the molecule is Cn1c(SCC(=O)N2CCN(Cc3ccc(Cl)s3)CC2)nnc1-c1cccnc1. The molecule has 1 fully saturated rings. The smallest absolute Gasteiger partial charge is 0.233 e. The predicted molar refractivity (Wildman–Crippen MR) is 116 cm³/mol. The number of pyridine rings is 1. The van der Waals surface area contributed by atoms with E-state index in [4.69, 9.17) is 11.6 Å². The van der Waals surface area contributed by atoms with E-state index >= 15 is 0 Å². The summed E-state index contributed by atoms with van der Waals surface area (Å²) in [6, 6.07) is 7.82. The van der Waals surface area contributed by atoms with Crippen LogP contribution in [-0.4, -0.2) is 67.4 Å². The number of hydrogen-bond acceptors (Lipinski definition) is 7. The van der Waals surface area contributed by atoms with Crippen molar-refractivity contribution in [3.8, 4) is 11.4 Å². The molecular weight excluding hydrogens is 428 g/mol. The van der Waals surface area contributed by atoms with Crippen molar-refractivity contribution in [1.82, 2.24) is 29.5 Å². The maximum Gasteiger partial charge on any atom is 0.233 e. The van der Waals surface area contributed by atoms with Gasteiger partial charge in [-0.1, -0.05) is 23.4 Å². The number of hydrogen-bond donors (Lipinski definition) is 0. The second-order valence-electron chi connectivity index (χ2n) is 6.76. The maximum atomic E-state index is 12.6. The third kappa shape index (κ3) is 4.98. The number of piperazine rings is 1. The van der Waals surface area contributed by atoms with Crippen LogP contribution in [0.2, 0.25) is 4.34 Å². The van der Waals surface area contributed by atoms with Gasteiger partial charge in [0, 0.05) is 62.6 Å². The van der Waals surface area contributed by atoms with E-state index in [1.807, 2.05) is 34.7 Å². The van der Waals surface area contributed by atoms with E-state index in [9.17, 15) is 4.79 Å². The second kappa shape index (κ2) is 9.25.